The molecule has 2 atom stereocenters. The van der Waals surface area contributed by atoms with Gasteiger partial charge < -0.3 is 4.90 Å². The Balaban J connectivity index is 1.18. The van der Waals surface area contributed by atoms with Crippen LogP contribution in [0.1, 0.15) is 15.9 Å². The maximum atomic E-state index is 12.7. The van der Waals surface area contributed by atoms with E-state index in [1.165, 1.54) is 16.7 Å². The van der Waals surface area contributed by atoms with Crippen molar-refractivity contribution in [1.29, 1.82) is 0 Å². The highest BCUT2D eigenvalue weighted by Crippen LogP contribution is 2.32. The molecule has 0 radical (unpaired) electrons. The van der Waals surface area contributed by atoms with Gasteiger partial charge >= 0.3 is 0 Å². The van der Waals surface area contributed by atoms with E-state index in [0.717, 1.165) is 38.3 Å². The van der Waals surface area contributed by atoms with E-state index in [-0.39, 0.29) is 5.91 Å². The van der Waals surface area contributed by atoms with E-state index in [1.807, 2.05) is 23.1 Å². The number of benzene rings is 2. The number of fused-ring (bicyclic) bond motifs is 1. The van der Waals surface area contributed by atoms with Crippen molar-refractivity contribution in [3.05, 3.63) is 90.3 Å². The molecule has 0 spiro atoms. The van der Waals surface area contributed by atoms with Crippen LogP contribution in [0.5, 0.6) is 0 Å². The summed E-state index contributed by atoms with van der Waals surface area (Å²) >= 11 is 0. The maximum absolute atomic E-state index is 12.7. The summed E-state index contributed by atoms with van der Waals surface area (Å²) in [5.74, 6) is 1.32. The van der Waals surface area contributed by atoms with Crippen molar-refractivity contribution < 1.29 is 4.79 Å². The smallest absolute Gasteiger partial charge is 0.253 e. The van der Waals surface area contributed by atoms with E-state index in [1.54, 1.807) is 12.4 Å². The monoisotopic (exact) mass is 383 g/mol. The van der Waals surface area contributed by atoms with Crippen LogP contribution in [-0.2, 0) is 6.54 Å². The van der Waals surface area contributed by atoms with E-state index >= 15 is 0 Å². The Kier molecular flexibility index (Phi) is 4.86. The Morgan fingerprint density at radius 2 is 1.41 bits per heavy atom. The number of carbonyl (C=O) groups is 1. The third kappa shape index (κ3) is 3.81. The first-order valence-electron chi connectivity index (χ1n) is 10.3. The molecule has 0 bridgehead atoms. The molecule has 2 aromatic carbocycles. The summed E-state index contributed by atoms with van der Waals surface area (Å²) in [5, 5.41) is 0. The van der Waals surface area contributed by atoms with Crippen LogP contribution >= 0.6 is 0 Å². The largest absolute Gasteiger partial charge is 0.338 e. The van der Waals surface area contributed by atoms with Gasteiger partial charge in [-0.3, -0.25) is 14.7 Å². The number of pyridine rings is 1. The van der Waals surface area contributed by atoms with Gasteiger partial charge in [-0.1, -0.05) is 54.6 Å². The first-order chi connectivity index (χ1) is 14.3. The van der Waals surface area contributed by atoms with Crippen LogP contribution in [0.15, 0.2) is 79.1 Å². The van der Waals surface area contributed by atoms with Crippen molar-refractivity contribution in [3.8, 4) is 11.1 Å². The summed E-state index contributed by atoms with van der Waals surface area (Å²) < 4.78 is 0. The van der Waals surface area contributed by atoms with Gasteiger partial charge in [-0.2, -0.15) is 0 Å². The maximum Gasteiger partial charge on any atom is 0.253 e. The van der Waals surface area contributed by atoms with Crippen molar-refractivity contribution in [3.63, 3.8) is 0 Å². The molecule has 2 saturated heterocycles. The van der Waals surface area contributed by atoms with Crippen molar-refractivity contribution in [2.45, 2.75) is 6.54 Å². The fraction of sp³-hybridized carbons (Fsp3) is 0.280. The van der Waals surface area contributed by atoms with E-state index in [2.05, 4.69) is 58.4 Å². The third-order valence-electron chi connectivity index (χ3n) is 6.24. The molecule has 3 aromatic rings. The number of aromatic nitrogens is 1. The minimum atomic E-state index is 0.143. The lowest BCUT2D eigenvalue weighted by molar-refractivity contribution is 0.0773. The summed E-state index contributed by atoms with van der Waals surface area (Å²) in [7, 11) is 0. The van der Waals surface area contributed by atoms with Crippen LogP contribution in [0, 0.1) is 11.8 Å². The van der Waals surface area contributed by atoms with Crippen LogP contribution in [0.2, 0.25) is 0 Å². The number of nitrogens with zero attached hydrogens (tertiary/aromatic N) is 3. The zero-order valence-electron chi connectivity index (χ0n) is 16.4. The number of carbonyl (C=O) groups excluding carboxylic acids is 1. The summed E-state index contributed by atoms with van der Waals surface area (Å²) in [5.41, 5.74) is 4.62. The third-order valence-corrected chi connectivity index (χ3v) is 6.24. The zero-order chi connectivity index (χ0) is 19.6. The SMILES string of the molecule is O=C(c1ccncc1)N1CC2CN(Cc3ccc(-c4ccccc4)cc3)CC2C1. The molecule has 1 amide bonds. The Bertz CT molecular complexity index is 958. The molecule has 2 aliphatic rings. The van der Waals surface area contributed by atoms with Crippen LogP contribution in [0.3, 0.4) is 0 Å². The van der Waals surface area contributed by atoms with Gasteiger partial charge in [-0.25, -0.2) is 0 Å². The zero-order valence-corrected chi connectivity index (χ0v) is 16.4. The average Bonchev–Trinajstić information content (AvgIpc) is 3.34. The molecule has 5 rings (SSSR count). The summed E-state index contributed by atoms with van der Waals surface area (Å²) in [6, 6.07) is 23.0. The first kappa shape index (κ1) is 18.1. The second kappa shape index (κ2) is 7.80. The van der Waals surface area contributed by atoms with E-state index in [0.29, 0.717) is 11.8 Å². The standard InChI is InChI=1S/C25H25N3O/c29-25(22-10-12-26-13-11-22)28-17-23-15-27(16-24(23)18-28)14-19-6-8-21(9-7-19)20-4-2-1-3-5-20/h1-13,23-24H,14-18H2. The highest BCUT2D eigenvalue weighted by Gasteiger charge is 2.41. The van der Waals surface area contributed by atoms with E-state index in [9.17, 15) is 4.79 Å². The Labute approximate surface area is 171 Å². The summed E-state index contributed by atoms with van der Waals surface area (Å²) in [6.45, 7) is 4.88. The lowest BCUT2D eigenvalue weighted by atomic mass is 10.0. The predicted molar refractivity (Wildman–Crippen MR) is 114 cm³/mol. The molecule has 2 unspecified atom stereocenters. The van der Waals surface area contributed by atoms with Gasteiger partial charge in [0.2, 0.25) is 0 Å². The minimum absolute atomic E-state index is 0.143. The number of amides is 1. The quantitative estimate of drug-likeness (QED) is 0.684. The fourth-order valence-corrected chi connectivity index (χ4v) is 4.75. The van der Waals surface area contributed by atoms with Gasteiger partial charge in [-0.05, 0) is 40.7 Å². The minimum Gasteiger partial charge on any atom is -0.338 e. The van der Waals surface area contributed by atoms with Crippen molar-refractivity contribution >= 4 is 5.91 Å². The van der Waals surface area contributed by atoms with Crippen molar-refractivity contribution in [2.24, 2.45) is 11.8 Å². The molecule has 2 fully saturated rings. The molecule has 1 aromatic heterocycles. The molecular weight excluding hydrogens is 358 g/mol. The molecule has 29 heavy (non-hydrogen) atoms. The lowest BCUT2D eigenvalue weighted by Gasteiger charge is -2.22. The lowest BCUT2D eigenvalue weighted by Crippen LogP contribution is -2.33. The molecule has 146 valence electrons. The van der Waals surface area contributed by atoms with Crippen molar-refractivity contribution in [2.75, 3.05) is 26.2 Å². The normalized spacial score (nSPS) is 21.3. The first-order valence-corrected chi connectivity index (χ1v) is 10.3. The average molecular weight is 383 g/mol. The molecule has 0 saturated carbocycles. The molecule has 4 heteroatoms. The van der Waals surface area contributed by atoms with Crippen LogP contribution in [-0.4, -0.2) is 46.9 Å². The molecular formula is C25H25N3O. The molecule has 0 aliphatic carbocycles. The molecule has 0 N–H and O–H groups in total. The van der Waals surface area contributed by atoms with Gasteiger partial charge in [0.15, 0.2) is 0 Å². The number of hydrogen-bond donors (Lipinski definition) is 0. The van der Waals surface area contributed by atoms with Gasteiger partial charge in [0, 0.05) is 50.7 Å². The number of likely N-dealkylation sites (tertiary alicyclic amines) is 2. The highest BCUT2D eigenvalue weighted by molar-refractivity contribution is 5.94. The predicted octanol–water partition coefficient (Wildman–Crippen LogP) is 3.95. The Morgan fingerprint density at radius 1 is 0.793 bits per heavy atom. The topological polar surface area (TPSA) is 36.4 Å². The van der Waals surface area contributed by atoms with E-state index < -0.39 is 0 Å². The number of hydrogen-bond acceptors (Lipinski definition) is 3. The summed E-state index contributed by atoms with van der Waals surface area (Å²) in [6.07, 6.45) is 3.38. The molecule has 3 heterocycles. The second-order valence-electron chi connectivity index (χ2n) is 8.22. The Hall–Kier alpha value is -2.98. The van der Waals surface area contributed by atoms with Crippen LogP contribution in [0.4, 0.5) is 0 Å². The van der Waals surface area contributed by atoms with E-state index in [4.69, 9.17) is 0 Å². The summed E-state index contributed by atoms with van der Waals surface area (Å²) in [4.78, 5) is 21.3. The molecule has 2 aliphatic heterocycles. The Morgan fingerprint density at radius 3 is 2.07 bits per heavy atom. The van der Waals surface area contributed by atoms with Gasteiger partial charge in [0.25, 0.3) is 5.91 Å². The van der Waals surface area contributed by atoms with Gasteiger partial charge in [-0.15, -0.1) is 0 Å². The highest BCUT2D eigenvalue weighted by atomic mass is 16.2. The second-order valence-corrected chi connectivity index (χ2v) is 8.22. The molecule has 4 nitrogen and oxygen atoms in total. The number of rotatable bonds is 4. The van der Waals surface area contributed by atoms with Crippen molar-refractivity contribution in [1.82, 2.24) is 14.8 Å². The fourth-order valence-electron chi connectivity index (χ4n) is 4.75. The van der Waals surface area contributed by atoms with Gasteiger partial charge in [0.1, 0.15) is 0 Å². The van der Waals surface area contributed by atoms with Crippen LogP contribution < -0.4 is 0 Å². The van der Waals surface area contributed by atoms with Crippen LogP contribution in [0.25, 0.3) is 11.1 Å². The van der Waals surface area contributed by atoms with Gasteiger partial charge in [0.05, 0.1) is 0 Å².